The normalized spacial score (nSPS) is 23.1. The van der Waals surface area contributed by atoms with E-state index in [2.05, 4.69) is 5.32 Å². The highest BCUT2D eigenvalue weighted by Crippen LogP contribution is 2.33. The predicted molar refractivity (Wildman–Crippen MR) is 64.4 cm³/mol. The molecule has 4 nitrogen and oxygen atoms in total. The summed E-state index contributed by atoms with van der Waals surface area (Å²) >= 11 is 5.78. The van der Waals surface area contributed by atoms with E-state index in [1.165, 1.54) is 13.2 Å². The van der Waals surface area contributed by atoms with Crippen LogP contribution < -0.4 is 10.1 Å². The Morgan fingerprint density at radius 3 is 2.89 bits per heavy atom. The molecule has 6 heteroatoms. The molecule has 2 N–H and O–H groups in total. The van der Waals surface area contributed by atoms with Gasteiger partial charge in [0.2, 0.25) is 0 Å². The Hall–Kier alpha value is -1.33. The van der Waals surface area contributed by atoms with Gasteiger partial charge in [-0.2, -0.15) is 0 Å². The van der Waals surface area contributed by atoms with Crippen molar-refractivity contribution in [2.45, 2.75) is 12.5 Å². The Bertz CT molecular complexity index is 481. The number of rotatable bonds is 3. The highest BCUT2D eigenvalue weighted by molar-refractivity contribution is 6.31. The number of methoxy groups -OCH3 is 1. The van der Waals surface area contributed by atoms with Gasteiger partial charge in [0, 0.05) is 12.6 Å². The van der Waals surface area contributed by atoms with Crippen molar-refractivity contribution in [1.29, 1.82) is 0 Å². The zero-order valence-corrected chi connectivity index (χ0v) is 10.5. The Kier molecular flexibility index (Phi) is 3.73. The van der Waals surface area contributed by atoms with Gasteiger partial charge in [-0.15, -0.1) is 0 Å². The number of hydrogen-bond donors (Lipinski definition) is 2. The maximum atomic E-state index is 13.5. The largest absolute Gasteiger partial charge is 0.494 e. The zero-order valence-electron chi connectivity index (χ0n) is 9.74. The summed E-state index contributed by atoms with van der Waals surface area (Å²) in [4.78, 5) is 10.9. The summed E-state index contributed by atoms with van der Waals surface area (Å²) in [6, 6.07) is 2.91. The molecule has 0 amide bonds. The molecule has 2 unspecified atom stereocenters. The fraction of sp³-hybridized carbons (Fsp3) is 0.417. The molecule has 1 fully saturated rings. The van der Waals surface area contributed by atoms with Crippen molar-refractivity contribution >= 4 is 17.6 Å². The molecule has 0 saturated carbocycles. The minimum absolute atomic E-state index is 0.0232. The lowest BCUT2D eigenvalue weighted by Crippen LogP contribution is -2.17. The monoisotopic (exact) mass is 273 g/mol. The van der Waals surface area contributed by atoms with Crippen LogP contribution in [0.5, 0.6) is 5.75 Å². The van der Waals surface area contributed by atoms with Crippen LogP contribution in [0.15, 0.2) is 12.1 Å². The van der Waals surface area contributed by atoms with E-state index in [0.29, 0.717) is 13.0 Å². The summed E-state index contributed by atoms with van der Waals surface area (Å²) in [6.45, 7) is 0.400. The van der Waals surface area contributed by atoms with Crippen molar-refractivity contribution in [2.75, 3.05) is 13.7 Å². The Labute approximate surface area is 109 Å². The third-order valence-corrected chi connectivity index (χ3v) is 3.39. The average Bonchev–Trinajstić information content (AvgIpc) is 2.82. The van der Waals surface area contributed by atoms with Gasteiger partial charge in [-0.25, -0.2) is 4.39 Å². The first-order valence-corrected chi connectivity index (χ1v) is 5.90. The highest BCUT2D eigenvalue weighted by atomic mass is 35.5. The SMILES string of the molecule is COc1cc(C2CC(C(=O)O)CN2)cc(Cl)c1F. The molecule has 1 aromatic rings. The molecule has 1 heterocycles. The number of carboxylic acids is 1. The van der Waals surface area contributed by atoms with E-state index in [9.17, 15) is 9.18 Å². The van der Waals surface area contributed by atoms with Crippen LogP contribution in [0.1, 0.15) is 18.0 Å². The van der Waals surface area contributed by atoms with Gasteiger partial charge in [0.15, 0.2) is 11.6 Å². The minimum Gasteiger partial charge on any atom is -0.494 e. The summed E-state index contributed by atoms with van der Waals surface area (Å²) in [5.41, 5.74) is 0.738. The first kappa shape index (κ1) is 13.1. The second-order valence-corrected chi connectivity index (χ2v) is 4.66. The maximum absolute atomic E-state index is 13.5. The van der Waals surface area contributed by atoms with Gasteiger partial charge in [-0.3, -0.25) is 4.79 Å². The highest BCUT2D eigenvalue weighted by Gasteiger charge is 2.30. The van der Waals surface area contributed by atoms with E-state index in [1.54, 1.807) is 6.07 Å². The molecule has 2 atom stereocenters. The van der Waals surface area contributed by atoms with Crippen molar-refractivity contribution in [3.05, 3.63) is 28.5 Å². The number of aliphatic carboxylic acids is 1. The summed E-state index contributed by atoms with van der Waals surface area (Å²) in [5.74, 6) is -1.79. The Morgan fingerprint density at radius 1 is 1.61 bits per heavy atom. The van der Waals surface area contributed by atoms with Crippen LogP contribution in [0.25, 0.3) is 0 Å². The molecule has 1 aliphatic heterocycles. The van der Waals surface area contributed by atoms with E-state index in [1.807, 2.05) is 0 Å². The van der Waals surface area contributed by atoms with Gasteiger partial charge in [0.1, 0.15) is 0 Å². The van der Waals surface area contributed by atoms with Gasteiger partial charge >= 0.3 is 5.97 Å². The first-order chi connectivity index (χ1) is 8.52. The fourth-order valence-electron chi connectivity index (χ4n) is 2.11. The molecule has 1 aliphatic rings. The molecule has 2 rings (SSSR count). The molecular formula is C12H13ClFNO3. The van der Waals surface area contributed by atoms with Crippen LogP contribution in [0.2, 0.25) is 5.02 Å². The van der Waals surface area contributed by atoms with E-state index >= 15 is 0 Å². The van der Waals surface area contributed by atoms with Gasteiger partial charge in [-0.1, -0.05) is 11.6 Å². The topological polar surface area (TPSA) is 58.6 Å². The molecule has 98 valence electrons. The van der Waals surface area contributed by atoms with Crippen LogP contribution in [0.4, 0.5) is 4.39 Å². The van der Waals surface area contributed by atoms with Crippen LogP contribution in [0.3, 0.4) is 0 Å². The lowest BCUT2D eigenvalue weighted by molar-refractivity contribution is -0.141. The van der Waals surface area contributed by atoms with Gasteiger partial charge in [0.25, 0.3) is 0 Å². The summed E-state index contributed by atoms with van der Waals surface area (Å²) in [6.07, 6.45) is 0.459. The summed E-state index contributed by atoms with van der Waals surface area (Å²) in [5, 5.41) is 12.0. The van der Waals surface area contributed by atoms with Crippen LogP contribution >= 0.6 is 11.6 Å². The summed E-state index contributed by atoms with van der Waals surface area (Å²) in [7, 11) is 1.36. The number of carbonyl (C=O) groups is 1. The fourth-order valence-corrected chi connectivity index (χ4v) is 2.33. The Balaban J connectivity index is 2.25. The van der Waals surface area contributed by atoms with Crippen molar-refractivity contribution < 1.29 is 19.0 Å². The first-order valence-electron chi connectivity index (χ1n) is 5.52. The molecule has 0 aromatic heterocycles. The average molecular weight is 274 g/mol. The van der Waals surface area contributed by atoms with Gasteiger partial charge in [0.05, 0.1) is 18.1 Å². The minimum atomic E-state index is -0.829. The lowest BCUT2D eigenvalue weighted by Gasteiger charge is -2.13. The predicted octanol–water partition coefficient (Wildman–Crippen LogP) is 2.22. The molecule has 0 aliphatic carbocycles. The van der Waals surface area contributed by atoms with Crippen LogP contribution in [-0.2, 0) is 4.79 Å². The smallest absolute Gasteiger partial charge is 0.307 e. The molecule has 1 aromatic carbocycles. The number of benzene rings is 1. The van der Waals surface area contributed by atoms with E-state index in [4.69, 9.17) is 21.4 Å². The number of halogens is 2. The number of hydrogen-bond acceptors (Lipinski definition) is 3. The third kappa shape index (κ3) is 2.42. The molecule has 0 radical (unpaired) electrons. The molecular weight excluding hydrogens is 261 g/mol. The maximum Gasteiger partial charge on any atom is 0.307 e. The molecule has 18 heavy (non-hydrogen) atoms. The number of carboxylic acid groups (broad SMARTS) is 1. The number of nitrogens with one attached hydrogen (secondary N) is 1. The van der Waals surface area contributed by atoms with E-state index in [0.717, 1.165) is 5.56 Å². The van der Waals surface area contributed by atoms with Crippen molar-refractivity contribution in [3.8, 4) is 5.75 Å². The molecule has 0 spiro atoms. The van der Waals surface area contributed by atoms with Gasteiger partial charge < -0.3 is 15.2 Å². The lowest BCUT2D eigenvalue weighted by atomic mass is 10.00. The van der Waals surface area contributed by atoms with E-state index < -0.39 is 17.7 Å². The second kappa shape index (κ2) is 5.12. The quantitative estimate of drug-likeness (QED) is 0.887. The number of ether oxygens (including phenoxy) is 1. The van der Waals surface area contributed by atoms with Gasteiger partial charge in [-0.05, 0) is 24.1 Å². The summed E-state index contributed by atoms with van der Waals surface area (Å²) < 4.78 is 18.4. The standard InChI is InChI=1S/C12H13ClFNO3/c1-18-10-4-6(2-8(13)11(10)14)9-3-7(5-15-9)12(16)17/h2,4,7,9,15H,3,5H2,1H3,(H,16,17). The van der Waals surface area contributed by atoms with Crippen LogP contribution in [0, 0.1) is 11.7 Å². The van der Waals surface area contributed by atoms with Crippen LogP contribution in [-0.4, -0.2) is 24.7 Å². The van der Waals surface area contributed by atoms with Crippen molar-refractivity contribution in [3.63, 3.8) is 0 Å². The second-order valence-electron chi connectivity index (χ2n) is 4.25. The Morgan fingerprint density at radius 2 is 2.33 bits per heavy atom. The molecule has 1 saturated heterocycles. The van der Waals surface area contributed by atoms with Crippen molar-refractivity contribution in [2.24, 2.45) is 5.92 Å². The zero-order chi connectivity index (χ0) is 13.3. The molecule has 0 bridgehead atoms. The van der Waals surface area contributed by atoms with Crippen molar-refractivity contribution in [1.82, 2.24) is 5.32 Å². The third-order valence-electron chi connectivity index (χ3n) is 3.12. The van der Waals surface area contributed by atoms with E-state index in [-0.39, 0.29) is 16.8 Å².